The molecule has 0 fully saturated rings. The molecule has 1 aromatic heterocycles. The van der Waals surface area contributed by atoms with E-state index in [4.69, 9.17) is 16.7 Å². The van der Waals surface area contributed by atoms with Gasteiger partial charge in [-0.15, -0.1) is 0 Å². The van der Waals surface area contributed by atoms with Crippen LogP contribution in [0.2, 0.25) is 5.15 Å². The van der Waals surface area contributed by atoms with Gasteiger partial charge in [0.05, 0.1) is 5.69 Å². The zero-order valence-electron chi connectivity index (χ0n) is 7.49. The minimum Gasteiger partial charge on any atom is -0.480 e. The summed E-state index contributed by atoms with van der Waals surface area (Å²) in [7, 11) is 0. The standard InChI is InChI=1S/C8H11ClN2O2/c1-5(2)6-3-7(9)11(10-6)4-8(12)13/h3,5H,4H2,1-2H3,(H,12,13). The van der Waals surface area contributed by atoms with E-state index in [0.717, 1.165) is 5.69 Å². The van der Waals surface area contributed by atoms with Crippen LogP contribution in [-0.2, 0) is 11.3 Å². The Labute approximate surface area is 81.1 Å². The lowest BCUT2D eigenvalue weighted by Crippen LogP contribution is -2.10. The minimum atomic E-state index is -0.944. The number of hydrogen-bond acceptors (Lipinski definition) is 2. The molecule has 0 spiro atoms. The fourth-order valence-electron chi connectivity index (χ4n) is 0.934. The molecule has 0 saturated heterocycles. The van der Waals surface area contributed by atoms with E-state index in [-0.39, 0.29) is 12.5 Å². The van der Waals surface area contributed by atoms with Gasteiger partial charge in [-0.05, 0) is 12.0 Å². The summed E-state index contributed by atoms with van der Waals surface area (Å²) in [4.78, 5) is 10.4. The van der Waals surface area contributed by atoms with Gasteiger partial charge in [-0.3, -0.25) is 4.79 Å². The summed E-state index contributed by atoms with van der Waals surface area (Å²) in [6, 6.07) is 1.69. The van der Waals surface area contributed by atoms with E-state index in [1.807, 2.05) is 13.8 Å². The molecule has 1 heterocycles. The molecular formula is C8H11ClN2O2. The van der Waals surface area contributed by atoms with Crippen molar-refractivity contribution in [3.8, 4) is 0 Å². The van der Waals surface area contributed by atoms with Crippen LogP contribution in [0.4, 0.5) is 0 Å². The van der Waals surface area contributed by atoms with Crippen molar-refractivity contribution in [3.05, 3.63) is 16.9 Å². The predicted octanol–water partition coefficient (Wildman–Crippen LogP) is 1.74. The van der Waals surface area contributed by atoms with E-state index in [9.17, 15) is 4.79 Å². The number of hydrogen-bond donors (Lipinski definition) is 1. The van der Waals surface area contributed by atoms with Gasteiger partial charge in [0, 0.05) is 0 Å². The Hall–Kier alpha value is -1.03. The highest BCUT2D eigenvalue weighted by Gasteiger charge is 2.10. The Morgan fingerprint density at radius 1 is 1.77 bits per heavy atom. The van der Waals surface area contributed by atoms with Crippen LogP contribution in [-0.4, -0.2) is 20.9 Å². The van der Waals surface area contributed by atoms with Gasteiger partial charge >= 0.3 is 5.97 Å². The van der Waals surface area contributed by atoms with Crippen LogP contribution in [0.3, 0.4) is 0 Å². The Kier molecular flexibility index (Phi) is 2.93. The average Bonchev–Trinajstić information content (AvgIpc) is 2.31. The summed E-state index contributed by atoms with van der Waals surface area (Å²) in [5.41, 5.74) is 0.811. The number of aliphatic carboxylic acids is 1. The van der Waals surface area contributed by atoms with Crippen molar-refractivity contribution in [2.45, 2.75) is 26.3 Å². The fourth-order valence-corrected chi connectivity index (χ4v) is 1.14. The molecule has 0 radical (unpaired) electrons. The van der Waals surface area contributed by atoms with Crippen LogP contribution in [0.5, 0.6) is 0 Å². The molecule has 4 nitrogen and oxygen atoms in total. The van der Waals surface area contributed by atoms with Crippen LogP contribution >= 0.6 is 11.6 Å². The summed E-state index contributed by atoms with van der Waals surface area (Å²) in [6.07, 6.45) is 0. The zero-order valence-corrected chi connectivity index (χ0v) is 8.25. The third-order valence-electron chi connectivity index (χ3n) is 1.63. The van der Waals surface area contributed by atoms with Gasteiger partial charge in [-0.2, -0.15) is 5.10 Å². The van der Waals surface area contributed by atoms with E-state index in [1.54, 1.807) is 6.07 Å². The molecule has 13 heavy (non-hydrogen) atoms. The quantitative estimate of drug-likeness (QED) is 0.813. The smallest absolute Gasteiger partial charge is 0.325 e. The summed E-state index contributed by atoms with van der Waals surface area (Å²) >= 11 is 5.77. The maximum Gasteiger partial charge on any atom is 0.325 e. The molecule has 0 saturated carbocycles. The first-order valence-corrected chi connectivity index (χ1v) is 4.33. The van der Waals surface area contributed by atoms with E-state index in [2.05, 4.69) is 5.10 Å². The lowest BCUT2D eigenvalue weighted by molar-refractivity contribution is -0.137. The Morgan fingerprint density at radius 3 is 2.77 bits per heavy atom. The molecule has 1 aromatic rings. The maximum absolute atomic E-state index is 10.4. The number of halogens is 1. The van der Waals surface area contributed by atoms with Crippen LogP contribution < -0.4 is 0 Å². The van der Waals surface area contributed by atoms with Gasteiger partial charge in [0.2, 0.25) is 0 Å². The largest absolute Gasteiger partial charge is 0.480 e. The molecule has 5 heteroatoms. The number of carboxylic acids is 1. The first kappa shape index (κ1) is 10.1. The van der Waals surface area contributed by atoms with E-state index in [0.29, 0.717) is 5.15 Å². The van der Waals surface area contributed by atoms with E-state index < -0.39 is 5.97 Å². The molecule has 0 aliphatic heterocycles. The monoisotopic (exact) mass is 202 g/mol. The maximum atomic E-state index is 10.4. The van der Waals surface area contributed by atoms with E-state index >= 15 is 0 Å². The molecule has 0 aromatic carbocycles. The van der Waals surface area contributed by atoms with Crippen molar-refractivity contribution < 1.29 is 9.90 Å². The molecule has 1 rings (SSSR count). The third-order valence-corrected chi connectivity index (χ3v) is 1.93. The lowest BCUT2D eigenvalue weighted by atomic mass is 10.1. The van der Waals surface area contributed by atoms with Crippen molar-refractivity contribution in [2.24, 2.45) is 0 Å². The lowest BCUT2D eigenvalue weighted by Gasteiger charge is -1.98. The van der Waals surface area contributed by atoms with Crippen molar-refractivity contribution in [1.82, 2.24) is 9.78 Å². The van der Waals surface area contributed by atoms with Gasteiger partial charge in [0.1, 0.15) is 11.7 Å². The van der Waals surface area contributed by atoms with Gasteiger partial charge in [0.15, 0.2) is 0 Å². The first-order valence-electron chi connectivity index (χ1n) is 3.95. The molecule has 0 aliphatic carbocycles. The topological polar surface area (TPSA) is 55.1 Å². The van der Waals surface area contributed by atoms with Crippen LogP contribution in [0.15, 0.2) is 6.07 Å². The molecule has 0 unspecified atom stereocenters. The number of rotatable bonds is 3. The van der Waals surface area contributed by atoms with Crippen molar-refractivity contribution >= 4 is 17.6 Å². The normalized spacial score (nSPS) is 10.8. The second-order valence-corrected chi connectivity index (χ2v) is 3.49. The molecule has 0 aliphatic rings. The number of carboxylic acid groups (broad SMARTS) is 1. The second-order valence-electron chi connectivity index (χ2n) is 3.10. The Morgan fingerprint density at radius 2 is 2.38 bits per heavy atom. The highest BCUT2D eigenvalue weighted by molar-refractivity contribution is 6.29. The number of nitrogens with zero attached hydrogens (tertiary/aromatic N) is 2. The van der Waals surface area contributed by atoms with Crippen LogP contribution in [0.25, 0.3) is 0 Å². The third kappa shape index (κ3) is 2.45. The predicted molar refractivity (Wildman–Crippen MR) is 49.0 cm³/mol. The highest BCUT2D eigenvalue weighted by Crippen LogP contribution is 2.17. The van der Waals surface area contributed by atoms with Crippen LogP contribution in [0, 0.1) is 0 Å². The molecular weight excluding hydrogens is 192 g/mol. The zero-order chi connectivity index (χ0) is 10.0. The summed E-state index contributed by atoms with van der Waals surface area (Å²) in [6.45, 7) is 3.76. The molecule has 72 valence electrons. The summed E-state index contributed by atoms with van der Waals surface area (Å²) < 4.78 is 1.28. The number of aromatic nitrogens is 2. The molecule has 0 amide bonds. The molecule has 1 N–H and O–H groups in total. The van der Waals surface area contributed by atoms with Crippen molar-refractivity contribution in [1.29, 1.82) is 0 Å². The van der Waals surface area contributed by atoms with Gasteiger partial charge in [-0.1, -0.05) is 25.4 Å². The van der Waals surface area contributed by atoms with Gasteiger partial charge in [0.25, 0.3) is 0 Å². The fraction of sp³-hybridized carbons (Fsp3) is 0.500. The Bertz CT molecular complexity index is 320. The van der Waals surface area contributed by atoms with Crippen molar-refractivity contribution in [3.63, 3.8) is 0 Å². The molecule has 0 bridgehead atoms. The summed E-state index contributed by atoms with van der Waals surface area (Å²) in [5, 5.41) is 12.9. The second kappa shape index (κ2) is 3.79. The highest BCUT2D eigenvalue weighted by atomic mass is 35.5. The average molecular weight is 203 g/mol. The Balaban J connectivity index is 2.89. The first-order chi connectivity index (χ1) is 6.00. The molecule has 0 atom stereocenters. The minimum absolute atomic E-state index is 0.189. The van der Waals surface area contributed by atoms with E-state index in [1.165, 1.54) is 4.68 Å². The van der Waals surface area contributed by atoms with Gasteiger partial charge < -0.3 is 5.11 Å². The van der Waals surface area contributed by atoms with Gasteiger partial charge in [-0.25, -0.2) is 4.68 Å². The summed E-state index contributed by atoms with van der Waals surface area (Å²) in [5.74, 6) is -0.687. The van der Waals surface area contributed by atoms with Crippen LogP contribution in [0.1, 0.15) is 25.5 Å². The van der Waals surface area contributed by atoms with Crippen molar-refractivity contribution in [2.75, 3.05) is 0 Å². The SMILES string of the molecule is CC(C)c1cc(Cl)n(CC(=O)O)n1. The number of carbonyl (C=O) groups is 1.